The summed E-state index contributed by atoms with van der Waals surface area (Å²) in [7, 11) is -11.3. The molecule has 6 aromatic heterocycles. The van der Waals surface area contributed by atoms with Crippen molar-refractivity contribution in [2.45, 2.75) is 187 Å². The van der Waals surface area contributed by atoms with Crippen LogP contribution in [-0.2, 0) is 78.5 Å². The molecular formula is C83H103ClN18O19S3. The van der Waals surface area contributed by atoms with E-state index in [9.17, 15) is 68.4 Å². The highest BCUT2D eigenvalue weighted by Crippen LogP contribution is 2.45. The first-order valence-corrected chi connectivity index (χ1v) is 44.9. The number of hydrogen-bond donors (Lipinski definition) is 11. The van der Waals surface area contributed by atoms with Crippen molar-refractivity contribution in [1.82, 2.24) is 53.2 Å². The fourth-order valence-corrected chi connectivity index (χ4v) is 19.9. The minimum atomic E-state index is -3.87. The highest BCUT2D eigenvalue weighted by atomic mass is 35.5. The van der Waals surface area contributed by atoms with Gasteiger partial charge in [-0.05, 0) is 229 Å². The summed E-state index contributed by atoms with van der Waals surface area (Å²) in [5, 5.41) is 27.2. The van der Waals surface area contributed by atoms with E-state index in [1.807, 2.05) is 57.2 Å². The number of carbonyl (C=O) groups is 9. The highest BCUT2D eigenvalue weighted by Gasteiger charge is 2.53. The molecule has 3 saturated carbocycles. The molecule has 8 amide bonds. The van der Waals surface area contributed by atoms with Gasteiger partial charge in [0.25, 0.3) is 17.7 Å². The maximum absolute atomic E-state index is 13.7. The predicted octanol–water partition coefficient (Wildman–Crippen LogP) is 6.37. The second-order valence-electron chi connectivity index (χ2n) is 33.7. The summed E-state index contributed by atoms with van der Waals surface area (Å²) in [6, 6.07) is 29.5. The molecule has 37 nitrogen and oxygen atoms in total. The Morgan fingerprint density at radius 1 is 0.468 bits per heavy atom. The summed E-state index contributed by atoms with van der Waals surface area (Å²) in [5.41, 5.74) is 19.7. The van der Waals surface area contributed by atoms with E-state index in [2.05, 4.69) is 45.7 Å². The van der Waals surface area contributed by atoms with Gasteiger partial charge in [-0.25, -0.2) is 54.8 Å². The van der Waals surface area contributed by atoms with Crippen LogP contribution in [0.2, 0.25) is 0 Å². The van der Waals surface area contributed by atoms with Crippen LogP contribution in [0.15, 0.2) is 128 Å². The summed E-state index contributed by atoms with van der Waals surface area (Å²) in [5.74, 6) is -3.32. The number of likely N-dealkylation sites (tertiary alicyclic amines) is 2. The van der Waals surface area contributed by atoms with Crippen molar-refractivity contribution in [3.63, 3.8) is 0 Å². The van der Waals surface area contributed by atoms with Gasteiger partial charge >= 0.3 is 5.97 Å². The van der Waals surface area contributed by atoms with Crippen molar-refractivity contribution < 1.29 is 87.7 Å². The maximum Gasteiger partial charge on any atom is 0.323 e. The largest absolute Gasteiger partial charge is 0.480 e. The lowest BCUT2D eigenvalue weighted by molar-refractivity contribution is -0.141. The zero-order valence-corrected chi connectivity index (χ0v) is 73.0. The molecule has 3 aliphatic heterocycles. The molecule has 124 heavy (non-hydrogen) atoms. The molecule has 664 valence electrons. The van der Waals surface area contributed by atoms with E-state index in [1.54, 1.807) is 103 Å². The number of sulfonamides is 3. The van der Waals surface area contributed by atoms with E-state index in [4.69, 9.17) is 41.7 Å². The summed E-state index contributed by atoms with van der Waals surface area (Å²) in [6.07, 6.45) is 12.8. The third-order valence-electron chi connectivity index (χ3n) is 21.7. The van der Waals surface area contributed by atoms with Crippen LogP contribution in [0.4, 0.5) is 17.5 Å². The van der Waals surface area contributed by atoms with Crippen LogP contribution in [0, 0.1) is 38.5 Å². The van der Waals surface area contributed by atoms with E-state index in [0.29, 0.717) is 62.1 Å². The fraction of sp³-hybridized carbons (Fsp3) is 0.422. The molecule has 6 aliphatic rings. The minimum absolute atomic E-state index is 0. The monoisotopic (exact) mass is 1790 g/mol. The zero-order chi connectivity index (χ0) is 89.1. The number of carboxylic acids is 1. The van der Waals surface area contributed by atoms with Crippen molar-refractivity contribution in [3.8, 4) is 17.2 Å². The Balaban J connectivity index is 0.000000168. The van der Waals surface area contributed by atoms with Crippen molar-refractivity contribution in [1.29, 1.82) is 0 Å². The van der Waals surface area contributed by atoms with Crippen LogP contribution in [0.1, 0.15) is 147 Å². The van der Waals surface area contributed by atoms with Gasteiger partial charge in [0.15, 0.2) is 0 Å². The van der Waals surface area contributed by atoms with Crippen LogP contribution in [0.5, 0.6) is 17.2 Å². The number of primary sulfonamides is 1. The number of nitrogens with two attached hydrogens (primary N) is 4. The molecule has 9 aromatic rings. The number of aliphatic carboxylic acids is 1. The first-order valence-electron chi connectivity index (χ1n) is 39.8. The van der Waals surface area contributed by atoms with Crippen molar-refractivity contribution in [3.05, 3.63) is 162 Å². The first kappa shape index (κ1) is 93.0. The van der Waals surface area contributed by atoms with E-state index in [1.165, 1.54) is 66.3 Å². The van der Waals surface area contributed by atoms with Gasteiger partial charge in [0, 0.05) is 97.6 Å². The molecule has 41 heteroatoms. The molecular weight excluding hydrogens is 1680 g/mol. The lowest BCUT2D eigenvalue weighted by Crippen LogP contribution is -2.51. The van der Waals surface area contributed by atoms with Gasteiger partial charge in [0.05, 0.1) is 22.7 Å². The van der Waals surface area contributed by atoms with Crippen molar-refractivity contribution in [2.24, 2.45) is 40.1 Å². The molecule has 6 bridgehead atoms. The number of pyridine rings is 3. The second-order valence-corrected chi connectivity index (χ2v) is 38.6. The van der Waals surface area contributed by atoms with Gasteiger partial charge < -0.3 is 81.3 Å². The number of aryl methyl sites for hydroxylation is 3. The third kappa shape index (κ3) is 23.2. The number of fused-ring (bicyclic) bond motifs is 9. The lowest BCUT2D eigenvalue weighted by Gasteiger charge is -2.34. The topological polar surface area (TPSA) is 540 Å². The molecule has 9 atom stereocenters. The van der Waals surface area contributed by atoms with Gasteiger partial charge in [-0.2, -0.15) is 0 Å². The molecule has 15 N–H and O–H groups in total. The minimum Gasteiger partial charge on any atom is -0.480 e. The van der Waals surface area contributed by atoms with Gasteiger partial charge in [0.1, 0.15) is 66.4 Å². The number of benzene rings is 3. The third-order valence-corrected chi connectivity index (χ3v) is 24.8. The average molecular weight is 1790 g/mol. The molecule has 3 aliphatic carbocycles. The Morgan fingerprint density at radius 2 is 0.815 bits per heavy atom. The number of piperidine rings is 3. The Hall–Kier alpha value is -11.7. The molecule has 6 unspecified atom stereocenters. The normalized spacial score (nSPS) is 19.9. The number of nitrogens with zero attached hydrogens (tertiary/aromatic N) is 8. The number of aromatic nitrogens is 6. The second kappa shape index (κ2) is 37.8. The Morgan fingerprint density at radius 3 is 1.13 bits per heavy atom. The smallest absolute Gasteiger partial charge is 0.323 e. The van der Waals surface area contributed by atoms with Crippen molar-refractivity contribution >= 4 is 146 Å². The van der Waals surface area contributed by atoms with Crippen LogP contribution in [-0.4, -0.2) is 187 Å². The van der Waals surface area contributed by atoms with Crippen molar-refractivity contribution in [2.75, 3.05) is 33.8 Å². The number of anilines is 3. The van der Waals surface area contributed by atoms with Gasteiger partial charge in [0.2, 0.25) is 77.4 Å². The van der Waals surface area contributed by atoms with Crippen LogP contribution in [0.25, 0.3) is 32.7 Å². The quantitative estimate of drug-likeness (QED) is 0.0280. The summed E-state index contributed by atoms with van der Waals surface area (Å²) in [4.78, 5) is 129. The number of ether oxygens (including phenoxy) is 3. The maximum atomic E-state index is 13.7. The summed E-state index contributed by atoms with van der Waals surface area (Å²) < 4.78 is 96.9. The van der Waals surface area contributed by atoms with E-state index >= 15 is 0 Å². The SMILES string of the molecule is CC(C)(C)NS(=O)(=O)COc1ccc2c(c1)c(C(N)=O)cn2CC(=O)O.Cc1cccc(NC(=O)[C@@H]2C3CCC(C3)N2C(=O)Cn2cc(C(N)=O)c3cc(OCS(=O)(=O)NC(C)(C)C)ccc32)n1.Cc1cccc(NC(=O)[C@@H]2C3CCC(C3)N2C(=O)Cn2cc(C(N)=O)c3cc(OCS(N)(=O)=O)ccc32)n1.Cc1cccc(NC(=O)[C@H]2NC3CCC2C3)n1.Cl. The number of hydrogen-bond acceptors (Lipinski definition) is 22. The molecule has 3 aromatic carbocycles. The number of nitrogens with one attached hydrogen (secondary N) is 6. The number of halogens is 1. The van der Waals surface area contributed by atoms with Gasteiger partial charge in [-0.3, -0.25) is 43.2 Å². The highest BCUT2D eigenvalue weighted by molar-refractivity contribution is 7.89. The van der Waals surface area contributed by atoms with Gasteiger partial charge in [-0.15, -0.1) is 12.4 Å². The van der Waals surface area contributed by atoms with Crippen LogP contribution < -0.4 is 67.3 Å². The molecule has 6 fully saturated rings. The number of amides is 8. The first-order chi connectivity index (χ1) is 57.8. The summed E-state index contributed by atoms with van der Waals surface area (Å²) in [6.45, 7) is 15.3. The number of carbonyl (C=O) groups excluding carboxylic acids is 8. The van der Waals surface area contributed by atoms with Crippen LogP contribution >= 0.6 is 12.4 Å². The van der Waals surface area contributed by atoms with E-state index < -0.39 is 94.7 Å². The molecule has 3 saturated heterocycles. The van der Waals surface area contributed by atoms with Gasteiger partial charge in [-0.1, -0.05) is 18.2 Å². The standard InChI is InChI=1S/C29H36N6O6S.C25H28N6O6S.C16H21N3O6S.C13H17N3O.ClH/c1-17-6-5-7-24(31-17)32-28(38)26-18-8-9-19(12-18)35(26)25(36)15-34-14-22(27(30)37)21-13-20(10-11-23(21)34)41-16-42(39,40)33-29(2,3)4;1-14-3-2-4-21(28-14)29-25(34)23-15-5-6-16(9-15)31(23)22(32)12-30-11-19(24(26)33)18-10-17(7-8-20(18)30)37-13-38(27,35)36;1-16(2,3)18-26(23,24)9-25-10-4-5-13-11(6-10)12(15(17)22)7-19(13)8-14(20)21;1-8-3-2-4-11(14-8)16-13(17)12-9-5-6-10(7-9)15-12;/h5-7,10-11,13-14,18-19,26,33H,8-9,12,15-16H2,1-4H3,(H2,30,37)(H,31,32,38);2-4,7-8,10-11,15-16,23H,5-6,9,12-13H2,1H3,(H2,26,33)(H2,27,35,36)(H,28,29,34);4-7,18H,8-9H2,1-3H3,(H2,17,22)(H,20,21);2-4,9-10,12,15H,5-7H2,1H3,(H,14,16,17);1H/t18?,19?,26-;15?,16?,23-;;9?,10?,12-;/m00.0./s1. The fourth-order valence-electron chi connectivity index (χ4n) is 17.1. The molecule has 0 spiro atoms. The molecule has 0 radical (unpaired) electrons. The Labute approximate surface area is 722 Å². The van der Waals surface area contributed by atoms with Crippen LogP contribution in [0.3, 0.4) is 0 Å². The summed E-state index contributed by atoms with van der Waals surface area (Å²) >= 11 is 0. The Bertz CT molecular complexity index is 5990. The molecule has 9 heterocycles. The zero-order valence-electron chi connectivity index (χ0n) is 69.7. The number of carboxylic acid groups (broad SMARTS) is 1. The van der Waals surface area contributed by atoms with E-state index in [-0.39, 0.29) is 125 Å². The van der Waals surface area contributed by atoms with E-state index in [0.717, 1.165) is 62.0 Å². The molecule has 15 rings (SSSR count). The average Bonchev–Trinajstić information content (AvgIpc) is 1.62. The number of rotatable bonds is 26. The predicted molar refractivity (Wildman–Crippen MR) is 464 cm³/mol. The number of primary amides is 3. The Kier molecular flexibility index (Phi) is 28.4. The lowest BCUT2D eigenvalue weighted by atomic mass is 9.97.